The van der Waals surface area contributed by atoms with E-state index in [4.69, 9.17) is 9.47 Å². The highest BCUT2D eigenvalue weighted by Crippen LogP contribution is 2.44. The van der Waals surface area contributed by atoms with Gasteiger partial charge in [-0.2, -0.15) is 40.5 Å². The fourth-order valence-electron chi connectivity index (χ4n) is 10.6. The second kappa shape index (κ2) is 22.4. The fraction of sp³-hybridized carbons (Fsp3) is 0.481. The standard InChI is InChI=1S/C52H64N6O8.3H2S/c1-8-44(60)55-29-52(30-55)19-21-57(50(52)64)45(32(3)4)47(61)53-42-25-33-23-36(26-37(59)24-33)35-16-17-43-39(27-35)40(46(56(43)9-2)38-14-11-10-13-34(38)18-22-65-7)28-51(5,6)31-66-49(63)41-15-12-20-58(54-41)48(42)62;;;/h8,10-11,13-14,16-17,23-24,26-27,32,41-42,45,54,59H,1,9,12,15,18-22,25,28-31H2,2-7H3,(H,53,61);3*1H2/t41-,42-,45-;;;/m0.../s1. The molecule has 4 aliphatic heterocycles. The molecule has 3 atom stereocenters. The molecule has 0 aliphatic carbocycles. The molecule has 3 saturated heterocycles. The number of hydrogen-bond acceptors (Lipinski definition) is 9. The van der Waals surface area contributed by atoms with Crippen molar-refractivity contribution in [1.29, 1.82) is 0 Å². The van der Waals surface area contributed by atoms with Crippen molar-refractivity contribution in [3.8, 4) is 28.1 Å². The summed E-state index contributed by atoms with van der Waals surface area (Å²) in [6.07, 6.45) is 4.05. The van der Waals surface area contributed by atoms with Crippen molar-refractivity contribution in [3.63, 3.8) is 0 Å². The molecule has 6 bridgehead atoms. The maximum absolute atomic E-state index is 14.7. The first-order valence-corrected chi connectivity index (χ1v) is 23.4. The highest BCUT2D eigenvalue weighted by atomic mass is 32.1. The maximum atomic E-state index is 14.7. The van der Waals surface area contributed by atoms with Crippen LogP contribution in [0.4, 0.5) is 0 Å². The highest BCUT2D eigenvalue weighted by molar-refractivity contribution is 7.59. The van der Waals surface area contributed by atoms with E-state index in [-0.39, 0.29) is 96.6 Å². The van der Waals surface area contributed by atoms with E-state index < -0.39 is 46.7 Å². The molecule has 69 heavy (non-hydrogen) atoms. The number of ether oxygens (including phenoxy) is 2. The number of rotatable bonds is 10. The summed E-state index contributed by atoms with van der Waals surface area (Å²) < 4.78 is 14.0. The minimum atomic E-state index is -1.14. The van der Waals surface area contributed by atoms with E-state index in [1.54, 1.807) is 29.0 Å². The van der Waals surface area contributed by atoms with E-state index in [1.807, 2.05) is 26.0 Å². The van der Waals surface area contributed by atoms with Gasteiger partial charge in [0.05, 0.1) is 24.3 Å². The summed E-state index contributed by atoms with van der Waals surface area (Å²) in [7, 11) is 1.71. The third-order valence-corrected chi connectivity index (χ3v) is 14.0. The van der Waals surface area contributed by atoms with E-state index in [9.17, 15) is 29.1 Å². The Balaban J connectivity index is 0.00000296. The highest BCUT2D eigenvalue weighted by Gasteiger charge is 2.57. The van der Waals surface area contributed by atoms with Crippen LogP contribution in [-0.4, -0.2) is 119 Å². The molecule has 0 radical (unpaired) electrons. The van der Waals surface area contributed by atoms with Gasteiger partial charge in [0.2, 0.25) is 17.7 Å². The van der Waals surface area contributed by atoms with E-state index in [0.29, 0.717) is 50.9 Å². The van der Waals surface area contributed by atoms with Gasteiger partial charge in [0.25, 0.3) is 5.91 Å². The molecule has 3 N–H and O–H groups in total. The number of esters is 1. The van der Waals surface area contributed by atoms with Crippen LogP contribution in [0.5, 0.6) is 5.75 Å². The van der Waals surface area contributed by atoms with E-state index in [0.717, 1.165) is 45.3 Å². The van der Waals surface area contributed by atoms with Gasteiger partial charge in [0.15, 0.2) is 0 Å². The van der Waals surface area contributed by atoms with Crippen LogP contribution in [0.1, 0.15) is 70.6 Å². The zero-order valence-electron chi connectivity index (χ0n) is 40.7. The number of aryl methyl sites for hydroxylation is 1. The first-order valence-electron chi connectivity index (χ1n) is 23.4. The van der Waals surface area contributed by atoms with Crippen LogP contribution in [-0.2, 0) is 59.3 Å². The smallest absolute Gasteiger partial charge is 0.324 e. The molecule has 1 spiro atoms. The number of cyclic esters (lactones) is 1. The number of hydrazine groups is 1. The molecule has 17 heteroatoms. The summed E-state index contributed by atoms with van der Waals surface area (Å²) in [5, 5.41) is 16.8. The zero-order valence-corrected chi connectivity index (χ0v) is 43.7. The number of carbonyl (C=O) groups excluding carboxylic acids is 5. The fourth-order valence-corrected chi connectivity index (χ4v) is 10.6. The Bertz CT molecular complexity index is 2570. The van der Waals surface area contributed by atoms with Crippen LogP contribution < -0.4 is 10.7 Å². The number of phenols is 1. The summed E-state index contributed by atoms with van der Waals surface area (Å²) in [5.74, 6) is -2.13. The lowest BCUT2D eigenvalue weighted by Gasteiger charge is -2.46. The van der Waals surface area contributed by atoms with Gasteiger partial charge in [-0.1, -0.05) is 70.7 Å². The van der Waals surface area contributed by atoms with Gasteiger partial charge in [0.1, 0.15) is 23.9 Å². The Kier molecular flexibility index (Phi) is 17.9. The summed E-state index contributed by atoms with van der Waals surface area (Å²) >= 11 is 0. The maximum Gasteiger partial charge on any atom is 0.324 e. The molecule has 3 aromatic carbocycles. The largest absolute Gasteiger partial charge is 0.508 e. The molecule has 4 amide bonds. The number of aromatic hydroxyl groups is 1. The predicted octanol–water partition coefficient (Wildman–Crippen LogP) is 6.15. The van der Waals surface area contributed by atoms with Crippen LogP contribution in [0.15, 0.2) is 73.3 Å². The first-order chi connectivity index (χ1) is 31.6. The summed E-state index contributed by atoms with van der Waals surface area (Å²) in [4.78, 5) is 72.8. The Morgan fingerprint density at radius 2 is 1.75 bits per heavy atom. The first kappa shape index (κ1) is 55.0. The number of fused-ring (bicyclic) bond motifs is 6. The molecule has 8 rings (SSSR count). The normalized spacial score (nSPS) is 20.2. The minimum absolute atomic E-state index is 0. The van der Waals surface area contributed by atoms with Crippen LogP contribution in [0.3, 0.4) is 0 Å². The zero-order chi connectivity index (χ0) is 47.1. The molecule has 1 aromatic heterocycles. The van der Waals surface area contributed by atoms with Crippen LogP contribution in [0, 0.1) is 16.7 Å². The number of nitrogens with one attached hydrogen (secondary N) is 2. The van der Waals surface area contributed by atoms with Gasteiger partial charge in [-0.3, -0.25) is 29.0 Å². The Morgan fingerprint density at radius 1 is 1.01 bits per heavy atom. The number of likely N-dealkylation sites (tertiary alicyclic amines) is 2. The third kappa shape index (κ3) is 11.0. The van der Waals surface area contributed by atoms with Gasteiger partial charge < -0.3 is 34.3 Å². The van der Waals surface area contributed by atoms with Crippen molar-refractivity contribution in [2.75, 3.05) is 46.5 Å². The summed E-state index contributed by atoms with van der Waals surface area (Å²) in [6, 6.07) is 17.2. The van der Waals surface area contributed by atoms with Crippen molar-refractivity contribution in [2.45, 2.75) is 97.8 Å². The second-order valence-corrected chi connectivity index (χ2v) is 19.7. The topological polar surface area (TPSA) is 163 Å². The molecule has 3 fully saturated rings. The average Bonchev–Trinajstić information content (AvgIpc) is 3.78. The molecule has 5 heterocycles. The lowest BCUT2D eigenvalue weighted by Crippen LogP contribution is -2.64. The molecular formula is C52H70N6O8S3. The molecule has 14 nitrogen and oxygen atoms in total. The molecule has 4 aliphatic rings. The predicted molar refractivity (Wildman–Crippen MR) is 283 cm³/mol. The number of methoxy groups -OCH3 is 1. The molecular weight excluding hydrogens is 933 g/mol. The van der Waals surface area contributed by atoms with Crippen molar-refractivity contribution >= 4 is 81.0 Å². The molecule has 0 unspecified atom stereocenters. The van der Waals surface area contributed by atoms with Crippen molar-refractivity contribution in [1.82, 2.24) is 30.1 Å². The number of aromatic nitrogens is 1. The van der Waals surface area contributed by atoms with Gasteiger partial charge >= 0.3 is 5.97 Å². The third-order valence-electron chi connectivity index (χ3n) is 14.0. The summed E-state index contributed by atoms with van der Waals surface area (Å²) in [6.45, 7) is 16.2. The van der Waals surface area contributed by atoms with Gasteiger partial charge in [-0.25, -0.2) is 5.43 Å². The van der Waals surface area contributed by atoms with Gasteiger partial charge in [0, 0.05) is 68.1 Å². The number of carbonyl (C=O) groups is 5. The van der Waals surface area contributed by atoms with E-state index in [1.165, 1.54) is 16.6 Å². The molecule has 0 saturated carbocycles. The number of amides is 4. The van der Waals surface area contributed by atoms with Gasteiger partial charge in [-0.05, 0) is 103 Å². The molecule has 4 aromatic rings. The van der Waals surface area contributed by atoms with Crippen LogP contribution in [0.2, 0.25) is 0 Å². The van der Waals surface area contributed by atoms with Crippen molar-refractivity contribution in [2.24, 2.45) is 16.7 Å². The van der Waals surface area contributed by atoms with Crippen molar-refractivity contribution < 1.29 is 38.6 Å². The number of nitrogens with zero attached hydrogens (tertiary/aromatic N) is 4. The minimum Gasteiger partial charge on any atom is -0.508 e. The quantitative estimate of drug-likeness (QED) is 0.125. The van der Waals surface area contributed by atoms with Crippen LogP contribution in [0.25, 0.3) is 33.3 Å². The Labute approximate surface area is 426 Å². The second-order valence-electron chi connectivity index (χ2n) is 19.7. The average molecular weight is 1000 g/mol. The summed E-state index contributed by atoms with van der Waals surface area (Å²) in [5.41, 5.74) is 9.65. The number of benzene rings is 3. The van der Waals surface area contributed by atoms with Crippen molar-refractivity contribution in [3.05, 3.63) is 90.0 Å². The van der Waals surface area contributed by atoms with Gasteiger partial charge in [-0.15, -0.1) is 0 Å². The monoisotopic (exact) mass is 1000 g/mol. The Morgan fingerprint density at radius 3 is 2.45 bits per heavy atom. The Hall–Kier alpha value is -4.94. The number of phenolic OH excluding ortho intramolecular Hbond substituents is 1. The molecule has 374 valence electrons. The van der Waals surface area contributed by atoms with Crippen LogP contribution >= 0.6 is 40.5 Å². The lowest BCUT2D eigenvalue weighted by atomic mass is 9.78. The SMILES string of the molecule is C=CC(=O)N1CC2(CCN([C@H](C(=O)N[C@H]3Cc4cc(O)cc(c4)-c4ccc5c(c4)c(c(-c4ccccc4CCOC)n5CC)CC(C)(C)COC(=O)[C@@H]4CCCN(N4)C3=O)C(C)C)C2=O)C1.S.S.S. The number of hydrogen-bond donors (Lipinski definition) is 3. The van der Waals surface area contributed by atoms with E-state index >= 15 is 0 Å². The van der Waals surface area contributed by atoms with E-state index in [2.05, 4.69) is 79.1 Å². The lowest BCUT2D eigenvalue weighted by molar-refractivity contribution is -0.156.